The van der Waals surface area contributed by atoms with Gasteiger partial charge in [-0.25, -0.2) is 9.55 Å². The number of aliphatic hydroxyl groups excluding tert-OH is 1. The van der Waals surface area contributed by atoms with E-state index >= 15 is 0 Å². The highest BCUT2D eigenvalue weighted by atomic mass is 31.2. The molecule has 1 fully saturated rings. The number of benzene rings is 1. The fraction of sp³-hybridized carbons (Fsp3) is 0.455. The van der Waals surface area contributed by atoms with Gasteiger partial charge < -0.3 is 36.3 Å². The summed E-state index contributed by atoms with van der Waals surface area (Å²) < 4.78 is 37.6. The van der Waals surface area contributed by atoms with Gasteiger partial charge in [-0.2, -0.15) is 15.1 Å². The molecule has 2 aromatic heterocycles. The van der Waals surface area contributed by atoms with Crippen LogP contribution >= 0.6 is 7.75 Å². The Kier molecular flexibility index (Phi) is 8.16. The third kappa shape index (κ3) is 6.04. The van der Waals surface area contributed by atoms with Crippen LogP contribution in [-0.4, -0.2) is 67.6 Å². The fourth-order valence-corrected chi connectivity index (χ4v) is 5.31. The Morgan fingerprint density at radius 3 is 2.63 bits per heavy atom. The van der Waals surface area contributed by atoms with E-state index < -0.39 is 50.8 Å². The monoisotopic (exact) mass is 550 g/mol. The molecular formula is C22H31N8O7P. The van der Waals surface area contributed by atoms with E-state index in [1.807, 2.05) is 0 Å². The lowest BCUT2D eigenvalue weighted by Crippen LogP contribution is -2.41. The summed E-state index contributed by atoms with van der Waals surface area (Å²) in [6.45, 7) is 4.45. The van der Waals surface area contributed by atoms with Gasteiger partial charge >= 0.3 is 13.7 Å². The lowest BCUT2D eigenvalue weighted by molar-refractivity contribution is -0.149. The highest BCUT2D eigenvalue weighted by molar-refractivity contribution is 7.52. The SMILES string of the molecule is CC(C)OC(=O)[C@@H](C)NP(=O)(OC[C@H]1O[C@@H](n2cnc3c(N)nc(N)nc32)[C@H](N)[C@@H]1O)Oc1ccccc1. The van der Waals surface area contributed by atoms with Crippen molar-refractivity contribution in [3.8, 4) is 5.75 Å². The molecule has 206 valence electrons. The normalized spacial score (nSPS) is 23.8. The number of nitrogen functional groups attached to an aromatic ring is 2. The number of nitrogens with two attached hydrogens (primary N) is 3. The number of para-hydroxylation sites is 1. The van der Waals surface area contributed by atoms with Gasteiger partial charge in [0.15, 0.2) is 17.7 Å². The largest absolute Gasteiger partial charge is 0.462 e. The summed E-state index contributed by atoms with van der Waals surface area (Å²) in [5.41, 5.74) is 18.4. The molecule has 0 spiro atoms. The lowest BCUT2D eigenvalue weighted by atomic mass is 10.1. The quantitative estimate of drug-likeness (QED) is 0.173. The summed E-state index contributed by atoms with van der Waals surface area (Å²) in [5.74, 6) is -0.408. The first kappa shape index (κ1) is 27.7. The number of fused-ring (bicyclic) bond motifs is 1. The number of esters is 1. The van der Waals surface area contributed by atoms with Crippen LogP contribution in [0, 0.1) is 0 Å². The van der Waals surface area contributed by atoms with Gasteiger partial charge in [-0.05, 0) is 32.9 Å². The zero-order valence-electron chi connectivity index (χ0n) is 21.0. The standard InChI is InChI=1S/C22H31N8O7P/c1-11(2)35-21(32)12(3)29-38(33,37-13-7-5-4-6-8-13)34-9-14-17(31)15(23)20(36-14)30-10-26-16-18(24)27-22(25)28-19(16)30/h4-8,10-12,14-15,17,20,31H,9,23H2,1-3H3,(H,29,33)(H4,24,25,27,28)/t12-,14-,15-,17-,20-,38?/m1/s1. The molecule has 3 aromatic rings. The maximum Gasteiger partial charge on any atom is 0.459 e. The molecule has 1 unspecified atom stereocenters. The Bertz CT molecular complexity index is 1320. The molecule has 0 bridgehead atoms. The number of carbonyl (C=O) groups excluding carboxylic acids is 1. The minimum Gasteiger partial charge on any atom is -0.462 e. The number of nitrogens with zero attached hydrogens (tertiary/aromatic N) is 4. The molecule has 1 aliphatic rings. The van der Waals surface area contributed by atoms with Crippen molar-refractivity contribution in [2.75, 3.05) is 18.1 Å². The number of anilines is 2. The summed E-state index contributed by atoms with van der Waals surface area (Å²) in [5, 5.41) is 13.4. The maximum atomic E-state index is 13.7. The Morgan fingerprint density at radius 2 is 1.95 bits per heavy atom. The van der Waals surface area contributed by atoms with E-state index in [1.54, 1.807) is 44.2 Å². The fourth-order valence-electron chi connectivity index (χ4n) is 3.80. The van der Waals surface area contributed by atoms with Crippen molar-refractivity contribution in [3.05, 3.63) is 36.7 Å². The number of carbonyl (C=O) groups is 1. The number of imidazole rings is 1. The van der Waals surface area contributed by atoms with E-state index in [1.165, 1.54) is 17.8 Å². The second-order valence-electron chi connectivity index (χ2n) is 8.96. The van der Waals surface area contributed by atoms with Crippen LogP contribution in [0.3, 0.4) is 0 Å². The van der Waals surface area contributed by atoms with Crippen molar-refractivity contribution in [1.29, 1.82) is 0 Å². The molecular weight excluding hydrogens is 519 g/mol. The topological polar surface area (TPSA) is 225 Å². The van der Waals surface area contributed by atoms with Gasteiger partial charge in [0, 0.05) is 0 Å². The van der Waals surface area contributed by atoms with Gasteiger partial charge in [0.05, 0.1) is 25.1 Å². The molecule has 0 amide bonds. The van der Waals surface area contributed by atoms with E-state index in [4.69, 9.17) is 35.7 Å². The van der Waals surface area contributed by atoms with E-state index in [-0.39, 0.29) is 34.8 Å². The van der Waals surface area contributed by atoms with E-state index in [2.05, 4.69) is 20.0 Å². The second-order valence-corrected chi connectivity index (χ2v) is 10.7. The summed E-state index contributed by atoms with van der Waals surface area (Å²) in [7, 11) is -4.18. The molecule has 0 radical (unpaired) electrons. The van der Waals surface area contributed by atoms with Gasteiger partial charge in [-0.3, -0.25) is 13.9 Å². The maximum absolute atomic E-state index is 13.7. The van der Waals surface area contributed by atoms with Crippen LogP contribution in [0.25, 0.3) is 11.2 Å². The molecule has 1 saturated heterocycles. The number of hydrogen-bond acceptors (Lipinski definition) is 13. The van der Waals surface area contributed by atoms with Gasteiger partial charge in [0.25, 0.3) is 0 Å². The highest BCUT2D eigenvalue weighted by Crippen LogP contribution is 2.46. The van der Waals surface area contributed by atoms with Crippen LogP contribution in [0.1, 0.15) is 27.0 Å². The first-order valence-corrected chi connectivity index (χ1v) is 13.3. The molecule has 1 aliphatic heterocycles. The van der Waals surface area contributed by atoms with Gasteiger partial charge in [-0.1, -0.05) is 18.2 Å². The summed E-state index contributed by atoms with van der Waals surface area (Å²) in [4.78, 5) is 24.5. The van der Waals surface area contributed by atoms with E-state index in [0.29, 0.717) is 0 Å². The highest BCUT2D eigenvalue weighted by Gasteiger charge is 2.45. The third-order valence-corrected chi connectivity index (χ3v) is 7.24. The number of aliphatic hydroxyl groups is 1. The number of aromatic nitrogens is 4. The molecule has 0 saturated carbocycles. The number of nitrogens with one attached hydrogen (secondary N) is 1. The average Bonchev–Trinajstić information content (AvgIpc) is 3.39. The van der Waals surface area contributed by atoms with Crippen LogP contribution in [0.2, 0.25) is 0 Å². The van der Waals surface area contributed by atoms with Crippen LogP contribution in [0.4, 0.5) is 11.8 Å². The second kappa shape index (κ2) is 11.2. The van der Waals surface area contributed by atoms with Gasteiger partial charge in [0.1, 0.15) is 29.5 Å². The average molecular weight is 551 g/mol. The van der Waals surface area contributed by atoms with Crippen molar-refractivity contribution in [2.24, 2.45) is 5.73 Å². The Morgan fingerprint density at radius 1 is 1.24 bits per heavy atom. The zero-order chi connectivity index (χ0) is 27.6. The Balaban J connectivity index is 1.51. The molecule has 38 heavy (non-hydrogen) atoms. The van der Waals surface area contributed by atoms with E-state index in [0.717, 1.165) is 0 Å². The number of hydrogen-bond donors (Lipinski definition) is 5. The molecule has 8 N–H and O–H groups in total. The molecule has 4 rings (SSSR count). The number of rotatable bonds is 10. The molecule has 6 atom stereocenters. The van der Waals surface area contributed by atoms with Crippen molar-refractivity contribution >= 4 is 36.6 Å². The van der Waals surface area contributed by atoms with Crippen molar-refractivity contribution in [1.82, 2.24) is 24.6 Å². The molecule has 15 nitrogen and oxygen atoms in total. The summed E-state index contributed by atoms with van der Waals surface area (Å²) >= 11 is 0. The predicted molar refractivity (Wildman–Crippen MR) is 136 cm³/mol. The predicted octanol–water partition coefficient (Wildman–Crippen LogP) is 0.710. The first-order chi connectivity index (χ1) is 18.0. The molecule has 0 aliphatic carbocycles. The van der Waals surface area contributed by atoms with Gasteiger partial charge in [-0.15, -0.1) is 0 Å². The van der Waals surface area contributed by atoms with Crippen LogP contribution in [0.15, 0.2) is 36.7 Å². The van der Waals surface area contributed by atoms with Crippen molar-refractivity contribution in [3.63, 3.8) is 0 Å². The van der Waals surface area contributed by atoms with E-state index in [9.17, 15) is 14.5 Å². The van der Waals surface area contributed by atoms with Crippen LogP contribution in [0.5, 0.6) is 5.75 Å². The first-order valence-electron chi connectivity index (χ1n) is 11.8. The van der Waals surface area contributed by atoms with Gasteiger partial charge in [0.2, 0.25) is 5.95 Å². The number of ether oxygens (including phenoxy) is 2. The van der Waals surface area contributed by atoms with Crippen molar-refractivity contribution in [2.45, 2.75) is 57.4 Å². The smallest absolute Gasteiger partial charge is 0.459 e. The lowest BCUT2D eigenvalue weighted by Gasteiger charge is -2.25. The summed E-state index contributed by atoms with van der Waals surface area (Å²) in [6.07, 6.45) is -2.18. The van der Waals surface area contributed by atoms with Crippen molar-refractivity contribution < 1.29 is 33.0 Å². The molecule has 16 heteroatoms. The summed E-state index contributed by atoms with van der Waals surface area (Å²) in [6, 6.07) is 6.29. The Labute approximate surface area is 218 Å². The van der Waals surface area contributed by atoms with Crippen LogP contribution in [-0.2, 0) is 23.4 Å². The minimum absolute atomic E-state index is 0.0704. The minimum atomic E-state index is -4.18. The third-order valence-electron chi connectivity index (χ3n) is 5.59. The Hall–Kier alpha value is -3.33. The van der Waals surface area contributed by atoms with Crippen LogP contribution < -0.4 is 26.8 Å². The molecule has 3 heterocycles. The zero-order valence-corrected chi connectivity index (χ0v) is 21.9. The molecule has 1 aromatic carbocycles.